The van der Waals surface area contributed by atoms with Gasteiger partial charge < -0.3 is 14.4 Å². The number of imidazole rings is 1. The predicted octanol–water partition coefficient (Wildman–Crippen LogP) is 2.24. The van der Waals surface area contributed by atoms with E-state index < -0.39 is 6.10 Å². The molecule has 17 heavy (non-hydrogen) atoms. The van der Waals surface area contributed by atoms with Gasteiger partial charge in [-0.25, -0.2) is 4.98 Å². The Balaban J connectivity index is 2.65. The van der Waals surface area contributed by atoms with E-state index in [2.05, 4.69) is 4.98 Å². The average Bonchev–Trinajstić information content (AvgIpc) is 2.74. The number of rotatable bonds is 3. The summed E-state index contributed by atoms with van der Waals surface area (Å²) in [6.45, 7) is 3.65. The van der Waals surface area contributed by atoms with Gasteiger partial charge in [0, 0.05) is 18.0 Å². The molecule has 0 aliphatic carbocycles. The van der Waals surface area contributed by atoms with E-state index in [1.807, 2.05) is 35.9 Å². The molecule has 90 valence electrons. The highest BCUT2D eigenvalue weighted by atomic mass is 16.5. The second-order valence-corrected chi connectivity index (χ2v) is 3.91. The van der Waals surface area contributed by atoms with Gasteiger partial charge in [-0.3, -0.25) is 0 Å². The molecular weight excluding hydrogens is 216 g/mol. The fraction of sp³-hybridized carbons (Fsp3) is 0.308. The third kappa shape index (κ3) is 2.03. The lowest BCUT2D eigenvalue weighted by molar-refractivity contribution is 0.194. The van der Waals surface area contributed by atoms with Crippen molar-refractivity contribution in [2.24, 2.45) is 0 Å². The summed E-state index contributed by atoms with van der Waals surface area (Å²) >= 11 is 0. The van der Waals surface area contributed by atoms with Crippen LogP contribution in [0, 0.1) is 6.92 Å². The molecule has 0 radical (unpaired) electrons. The lowest BCUT2D eigenvalue weighted by Gasteiger charge is -2.17. The molecule has 0 unspecified atom stereocenters. The average molecular weight is 232 g/mol. The maximum Gasteiger partial charge on any atom is 0.126 e. The van der Waals surface area contributed by atoms with E-state index in [9.17, 15) is 5.11 Å². The van der Waals surface area contributed by atoms with Crippen LogP contribution in [0.25, 0.3) is 5.69 Å². The minimum atomic E-state index is -0.594. The molecule has 1 atom stereocenters. The Labute approximate surface area is 100 Å². The summed E-state index contributed by atoms with van der Waals surface area (Å²) in [6, 6.07) is 5.69. The summed E-state index contributed by atoms with van der Waals surface area (Å²) in [5, 5.41) is 9.89. The molecule has 4 nitrogen and oxygen atoms in total. The molecule has 4 heteroatoms. The van der Waals surface area contributed by atoms with Crippen LogP contribution >= 0.6 is 0 Å². The van der Waals surface area contributed by atoms with E-state index in [-0.39, 0.29) is 0 Å². The molecule has 0 spiro atoms. The first-order chi connectivity index (χ1) is 8.15. The molecular formula is C13H16N2O2. The molecule has 1 aromatic carbocycles. The van der Waals surface area contributed by atoms with E-state index in [1.54, 1.807) is 20.2 Å². The van der Waals surface area contributed by atoms with Crippen LogP contribution in [0.2, 0.25) is 0 Å². The third-order valence-electron chi connectivity index (χ3n) is 2.77. The van der Waals surface area contributed by atoms with Gasteiger partial charge in [0.1, 0.15) is 11.6 Å². The number of methoxy groups -OCH3 is 1. The highest BCUT2D eigenvalue weighted by Gasteiger charge is 2.16. The van der Waals surface area contributed by atoms with Crippen LogP contribution in [-0.4, -0.2) is 21.8 Å². The van der Waals surface area contributed by atoms with Gasteiger partial charge in [0.2, 0.25) is 0 Å². The maximum absolute atomic E-state index is 9.89. The van der Waals surface area contributed by atoms with E-state index in [0.717, 1.165) is 17.1 Å². The number of benzene rings is 1. The Kier molecular flexibility index (Phi) is 3.15. The molecule has 0 fully saturated rings. The first-order valence-corrected chi connectivity index (χ1v) is 5.50. The van der Waals surface area contributed by atoms with Crippen molar-refractivity contribution in [2.45, 2.75) is 20.0 Å². The SMILES string of the molecule is COc1cccc(-n2ccnc2C)c1[C@H](C)O. The van der Waals surface area contributed by atoms with E-state index >= 15 is 0 Å². The number of aliphatic hydroxyl groups excluding tert-OH is 1. The number of hydrogen-bond donors (Lipinski definition) is 1. The van der Waals surface area contributed by atoms with Crippen molar-refractivity contribution >= 4 is 0 Å². The first-order valence-electron chi connectivity index (χ1n) is 5.50. The Morgan fingerprint density at radius 3 is 2.71 bits per heavy atom. The van der Waals surface area contributed by atoms with Crippen molar-refractivity contribution in [3.8, 4) is 11.4 Å². The zero-order chi connectivity index (χ0) is 12.4. The highest BCUT2D eigenvalue weighted by Crippen LogP contribution is 2.31. The number of aromatic nitrogens is 2. The van der Waals surface area contributed by atoms with Gasteiger partial charge in [0.05, 0.1) is 18.9 Å². The summed E-state index contributed by atoms with van der Waals surface area (Å²) in [5.74, 6) is 1.56. The van der Waals surface area contributed by atoms with Gasteiger partial charge in [-0.2, -0.15) is 0 Å². The normalized spacial score (nSPS) is 12.5. The van der Waals surface area contributed by atoms with Gasteiger partial charge in [0.25, 0.3) is 0 Å². The largest absolute Gasteiger partial charge is 0.496 e. The number of aliphatic hydroxyl groups is 1. The third-order valence-corrected chi connectivity index (χ3v) is 2.77. The van der Waals surface area contributed by atoms with Crippen LogP contribution in [0.5, 0.6) is 5.75 Å². The van der Waals surface area contributed by atoms with Crippen LogP contribution in [0.1, 0.15) is 24.4 Å². The molecule has 2 aromatic rings. The summed E-state index contributed by atoms with van der Waals surface area (Å²) in [4.78, 5) is 4.19. The van der Waals surface area contributed by atoms with Crippen LogP contribution in [0.15, 0.2) is 30.6 Å². The maximum atomic E-state index is 9.89. The molecule has 0 saturated heterocycles. The second kappa shape index (κ2) is 4.59. The monoisotopic (exact) mass is 232 g/mol. The molecule has 0 saturated carbocycles. The van der Waals surface area contributed by atoms with Crippen LogP contribution < -0.4 is 4.74 Å². The van der Waals surface area contributed by atoms with Gasteiger partial charge in [-0.1, -0.05) is 6.07 Å². The summed E-state index contributed by atoms with van der Waals surface area (Å²) in [5.41, 5.74) is 1.67. The number of hydrogen-bond acceptors (Lipinski definition) is 3. The minimum Gasteiger partial charge on any atom is -0.496 e. The molecule has 0 amide bonds. The number of ether oxygens (including phenoxy) is 1. The lowest BCUT2D eigenvalue weighted by atomic mass is 10.1. The molecule has 2 rings (SSSR count). The molecule has 0 aliphatic rings. The van der Waals surface area contributed by atoms with Gasteiger partial charge in [0.15, 0.2) is 0 Å². The van der Waals surface area contributed by atoms with E-state index in [4.69, 9.17) is 4.74 Å². The highest BCUT2D eigenvalue weighted by molar-refractivity contribution is 5.51. The van der Waals surface area contributed by atoms with Crippen molar-refractivity contribution in [2.75, 3.05) is 7.11 Å². The van der Waals surface area contributed by atoms with Crippen molar-refractivity contribution in [3.63, 3.8) is 0 Å². The van der Waals surface area contributed by atoms with Crippen molar-refractivity contribution in [1.82, 2.24) is 9.55 Å². The molecule has 0 aliphatic heterocycles. The quantitative estimate of drug-likeness (QED) is 0.882. The summed E-state index contributed by atoms with van der Waals surface area (Å²) in [6.07, 6.45) is 3.01. The standard InChI is InChI=1S/C13H16N2O2/c1-9(16)13-11(5-4-6-12(13)17-3)15-8-7-14-10(15)2/h4-9,16H,1-3H3/t9-/m0/s1. The van der Waals surface area contributed by atoms with E-state index in [1.165, 1.54) is 0 Å². The molecule has 1 heterocycles. The van der Waals surface area contributed by atoms with Crippen LogP contribution in [-0.2, 0) is 0 Å². The van der Waals surface area contributed by atoms with Crippen LogP contribution in [0.3, 0.4) is 0 Å². The fourth-order valence-electron chi connectivity index (χ4n) is 1.97. The molecule has 1 N–H and O–H groups in total. The molecule has 1 aromatic heterocycles. The zero-order valence-electron chi connectivity index (χ0n) is 10.2. The van der Waals surface area contributed by atoms with Crippen molar-refractivity contribution < 1.29 is 9.84 Å². The Morgan fingerprint density at radius 1 is 1.41 bits per heavy atom. The molecule has 0 bridgehead atoms. The summed E-state index contributed by atoms with van der Waals surface area (Å²) in [7, 11) is 1.60. The topological polar surface area (TPSA) is 47.3 Å². The zero-order valence-corrected chi connectivity index (χ0v) is 10.2. The van der Waals surface area contributed by atoms with Gasteiger partial charge in [-0.05, 0) is 26.0 Å². The Hall–Kier alpha value is -1.81. The number of nitrogens with zero attached hydrogens (tertiary/aromatic N) is 2. The van der Waals surface area contributed by atoms with Crippen molar-refractivity contribution in [1.29, 1.82) is 0 Å². The Bertz CT molecular complexity index is 518. The Morgan fingerprint density at radius 2 is 2.18 bits per heavy atom. The minimum absolute atomic E-state index is 0.594. The van der Waals surface area contributed by atoms with E-state index in [0.29, 0.717) is 5.75 Å². The van der Waals surface area contributed by atoms with Gasteiger partial charge in [-0.15, -0.1) is 0 Å². The first kappa shape index (κ1) is 11.7. The van der Waals surface area contributed by atoms with Crippen molar-refractivity contribution in [3.05, 3.63) is 42.0 Å². The smallest absolute Gasteiger partial charge is 0.126 e. The van der Waals surface area contributed by atoms with Gasteiger partial charge >= 0.3 is 0 Å². The van der Waals surface area contributed by atoms with Crippen LogP contribution in [0.4, 0.5) is 0 Å². The fourth-order valence-corrected chi connectivity index (χ4v) is 1.97. The lowest BCUT2D eigenvalue weighted by Crippen LogP contribution is -2.05. The number of aryl methyl sites for hydroxylation is 1. The summed E-state index contributed by atoms with van der Waals surface area (Å²) < 4.78 is 7.23. The predicted molar refractivity (Wildman–Crippen MR) is 65.5 cm³/mol. The second-order valence-electron chi connectivity index (χ2n) is 3.91.